The summed E-state index contributed by atoms with van der Waals surface area (Å²) in [4.78, 5) is 21.9. The first-order chi connectivity index (χ1) is 8.29. The van der Waals surface area contributed by atoms with Crippen molar-refractivity contribution < 1.29 is 19.1 Å². The van der Waals surface area contributed by atoms with Gasteiger partial charge in [0.2, 0.25) is 0 Å². The molecular weight excluding hydrogens is 232 g/mol. The number of esters is 2. The normalized spacial score (nSPS) is 15.3. The zero-order valence-electron chi connectivity index (χ0n) is 11.8. The highest BCUT2D eigenvalue weighted by Gasteiger charge is 2.29. The third-order valence-electron chi connectivity index (χ3n) is 2.74. The Morgan fingerprint density at radius 1 is 1.33 bits per heavy atom. The average molecular weight is 256 g/mol. The molecule has 0 radical (unpaired) electrons. The Morgan fingerprint density at radius 2 is 1.94 bits per heavy atom. The number of ether oxygens (including phenoxy) is 2. The lowest BCUT2D eigenvalue weighted by Crippen LogP contribution is -2.37. The Morgan fingerprint density at radius 3 is 2.39 bits per heavy atom. The number of allylic oxidation sites excluding steroid dienone is 1. The first-order valence-electron chi connectivity index (χ1n) is 6.24. The minimum Gasteiger partial charge on any atom is -0.462 e. The third kappa shape index (κ3) is 7.87. The molecule has 0 bridgehead atoms. The van der Waals surface area contributed by atoms with Crippen LogP contribution in [0.3, 0.4) is 0 Å². The Kier molecular flexibility index (Phi) is 7.32. The van der Waals surface area contributed by atoms with Gasteiger partial charge in [0.25, 0.3) is 0 Å². The molecule has 0 aromatic heterocycles. The van der Waals surface area contributed by atoms with E-state index in [4.69, 9.17) is 9.47 Å². The lowest BCUT2D eigenvalue weighted by atomic mass is 9.95. The van der Waals surface area contributed by atoms with Gasteiger partial charge in [-0.15, -0.1) is 6.58 Å². The first kappa shape index (κ1) is 16.7. The van der Waals surface area contributed by atoms with Crippen LogP contribution in [-0.2, 0) is 19.1 Å². The second-order valence-corrected chi connectivity index (χ2v) is 4.93. The standard InChI is InChI=1S/C14H24O4/c1-6-11(2)8-7-9-14(5,18-13(4)16)10-17-12(3)15/h6,11H,1,7-10H2,2-5H3. The Balaban J connectivity index is 4.32. The van der Waals surface area contributed by atoms with E-state index < -0.39 is 5.60 Å². The van der Waals surface area contributed by atoms with Gasteiger partial charge < -0.3 is 9.47 Å². The van der Waals surface area contributed by atoms with E-state index in [0.717, 1.165) is 12.8 Å². The van der Waals surface area contributed by atoms with Crippen molar-refractivity contribution in [2.75, 3.05) is 6.61 Å². The van der Waals surface area contributed by atoms with Crippen LogP contribution in [0, 0.1) is 5.92 Å². The Hall–Kier alpha value is -1.32. The van der Waals surface area contributed by atoms with Crippen LogP contribution in [0.5, 0.6) is 0 Å². The average Bonchev–Trinajstić information content (AvgIpc) is 2.25. The highest BCUT2D eigenvalue weighted by atomic mass is 16.6. The second kappa shape index (κ2) is 7.90. The van der Waals surface area contributed by atoms with Gasteiger partial charge in [0.15, 0.2) is 0 Å². The zero-order valence-corrected chi connectivity index (χ0v) is 11.8. The van der Waals surface area contributed by atoms with Gasteiger partial charge >= 0.3 is 11.9 Å². The van der Waals surface area contributed by atoms with Crippen LogP contribution >= 0.6 is 0 Å². The summed E-state index contributed by atoms with van der Waals surface area (Å²) in [6.07, 6.45) is 4.42. The summed E-state index contributed by atoms with van der Waals surface area (Å²) >= 11 is 0. The van der Waals surface area contributed by atoms with Crippen molar-refractivity contribution in [3.8, 4) is 0 Å². The van der Waals surface area contributed by atoms with E-state index in [1.165, 1.54) is 13.8 Å². The highest BCUT2D eigenvalue weighted by Crippen LogP contribution is 2.22. The topological polar surface area (TPSA) is 52.6 Å². The molecular formula is C14H24O4. The van der Waals surface area contributed by atoms with Gasteiger partial charge in [-0.05, 0) is 32.1 Å². The summed E-state index contributed by atoms with van der Waals surface area (Å²) in [5.41, 5.74) is -0.738. The van der Waals surface area contributed by atoms with E-state index in [9.17, 15) is 9.59 Å². The van der Waals surface area contributed by atoms with E-state index in [0.29, 0.717) is 12.3 Å². The maximum absolute atomic E-state index is 11.1. The van der Waals surface area contributed by atoms with E-state index >= 15 is 0 Å². The van der Waals surface area contributed by atoms with Crippen LogP contribution in [0.25, 0.3) is 0 Å². The molecule has 2 unspecified atom stereocenters. The van der Waals surface area contributed by atoms with Crippen LogP contribution in [0.15, 0.2) is 12.7 Å². The van der Waals surface area contributed by atoms with E-state index in [-0.39, 0.29) is 18.5 Å². The van der Waals surface area contributed by atoms with Crippen LogP contribution in [0.4, 0.5) is 0 Å². The molecule has 0 spiro atoms. The SMILES string of the molecule is C=CC(C)CCCC(C)(COC(C)=O)OC(C)=O. The maximum atomic E-state index is 11.1. The predicted molar refractivity (Wildman–Crippen MR) is 70.0 cm³/mol. The number of carbonyl (C=O) groups excluding carboxylic acids is 2. The van der Waals surface area contributed by atoms with Gasteiger partial charge in [0.05, 0.1) is 0 Å². The van der Waals surface area contributed by atoms with Gasteiger partial charge in [-0.1, -0.05) is 13.0 Å². The molecule has 0 fully saturated rings. The first-order valence-corrected chi connectivity index (χ1v) is 6.24. The van der Waals surface area contributed by atoms with Gasteiger partial charge in [0.1, 0.15) is 12.2 Å². The van der Waals surface area contributed by atoms with Crippen LogP contribution in [0.1, 0.15) is 47.0 Å². The van der Waals surface area contributed by atoms with Crippen LogP contribution in [-0.4, -0.2) is 24.1 Å². The molecule has 0 rings (SSSR count). The molecule has 0 aromatic rings. The molecule has 0 aliphatic heterocycles. The monoisotopic (exact) mass is 256 g/mol. The lowest BCUT2D eigenvalue weighted by molar-refractivity contribution is -0.168. The summed E-state index contributed by atoms with van der Waals surface area (Å²) in [6, 6.07) is 0. The summed E-state index contributed by atoms with van der Waals surface area (Å²) in [5.74, 6) is -0.297. The molecule has 0 saturated carbocycles. The summed E-state index contributed by atoms with van der Waals surface area (Å²) in [5, 5.41) is 0. The second-order valence-electron chi connectivity index (χ2n) is 4.93. The fraction of sp³-hybridized carbons (Fsp3) is 0.714. The van der Waals surface area contributed by atoms with Crippen molar-refractivity contribution in [2.45, 2.75) is 52.6 Å². The molecule has 4 nitrogen and oxygen atoms in total. The van der Waals surface area contributed by atoms with Gasteiger partial charge in [-0.3, -0.25) is 9.59 Å². The van der Waals surface area contributed by atoms with Crippen molar-refractivity contribution in [3.63, 3.8) is 0 Å². The van der Waals surface area contributed by atoms with Gasteiger partial charge in [-0.2, -0.15) is 0 Å². The molecule has 0 saturated heterocycles. The molecule has 0 N–H and O–H groups in total. The molecule has 4 heteroatoms. The smallest absolute Gasteiger partial charge is 0.303 e. The molecule has 2 atom stereocenters. The van der Waals surface area contributed by atoms with Crippen molar-refractivity contribution >= 4 is 11.9 Å². The highest BCUT2D eigenvalue weighted by molar-refractivity contribution is 5.67. The third-order valence-corrected chi connectivity index (χ3v) is 2.74. The van der Waals surface area contributed by atoms with Crippen molar-refractivity contribution in [2.24, 2.45) is 5.92 Å². The number of carbonyl (C=O) groups is 2. The zero-order chi connectivity index (χ0) is 14.2. The Bertz CT molecular complexity index is 298. The molecule has 0 amide bonds. The minimum absolute atomic E-state index is 0.102. The maximum Gasteiger partial charge on any atom is 0.303 e. The molecule has 0 aliphatic rings. The van der Waals surface area contributed by atoms with Gasteiger partial charge in [-0.25, -0.2) is 0 Å². The predicted octanol–water partition coefficient (Wildman–Crippen LogP) is 2.86. The largest absolute Gasteiger partial charge is 0.462 e. The molecule has 0 aromatic carbocycles. The number of hydrogen-bond donors (Lipinski definition) is 0. The van der Waals surface area contributed by atoms with Crippen molar-refractivity contribution in [1.82, 2.24) is 0 Å². The Labute approximate surface area is 109 Å². The minimum atomic E-state index is -0.738. The van der Waals surface area contributed by atoms with E-state index in [1.807, 2.05) is 6.08 Å². The molecule has 18 heavy (non-hydrogen) atoms. The molecule has 104 valence electrons. The molecule has 0 heterocycles. The van der Waals surface area contributed by atoms with E-state index in [1.54, 1.807) is 6.92 Å². The fourth-order valence-electron chi connectivity index (χ4n) is 1.67. The van der Waals surface area contributed by atoms with Gasteiger partial charge in [0, 0.05) is 13.8 Å². The quantitative estimate of drug-likeness (QED) is 0.495. The van der Waals surface area contributed by atoms with Crippen molar-refractivity contribution in [1.29, 1.82) is 0 Å². The van der Waals surface area contributed by atoms with Crippen LogP contribution < -0.4 is 0 Å². The van der Waals surface area contributed by atoms with Crippen molar-refractivity contribution in [3.05, 3.63) is 12.7 Å². The summed E-state index contributed by atoms with van der Waals surface area (Å²) in [6.45, 7) is 10.4. The summed E-state index contributed by atoms with van der Waals surface area (Å²) < 4.78 is 10.2. The number of rotatable bonds is 8. The number of hydrogen-bond acceptors (Lipinski definition) is 4. The lowest BCUT2D eigenvalue weighted by Gasteiger charge is -2.28. The van der Waals surface area contributed by atoms with E-state index in [2.05, 4.69) is 13.5 Å². The molecule has 0 aliphatic carbocycles. The fourth-order valence-corrected chi connectivity index (χ4v) is 1.67. The summed E-state index contributed by atoms with van der Waals surface area (Å²) in [7, 11) is 0. The van der Waals surface area contributed by atoms with Crippen LogP contribution in [0.2, 0.25) is 0 Å².